The molecule has 0 atom stereocenters. The molecule has 1 aromatic rings. The number of thioether (sulfide) groups is 1. The second-order valence-electron chi connectivity index (χ2n) is 5.14. The quantitative estimate of drug-likeness (QED) is 0.802. The molecule has 1 aliphatic rings. The number of benzene rings is 1. The molecule has 0 spiro atoms. The Bertz CT molecular complexity index is 551. The largest absolute Gasteiger partial charge is 0.300 e. The minimum Gasteiger partial charge on any atom is -0.267 e. The molecule has 3 amide bonds. The van der Waals surface area contributed by atoms with Crippen LogP contribution in [0.25, 0.3) is 0 Å². The lowest BCUT2D eigenvalue weighted by molar-refractivity contribution is 0.0197. The first-order valence-electron chi connectivity index (χ1n) is 6.89. The highest BCUT2D eigenvalue weighted by Crippen LogP contribution is 2.26. The summed E-state index contributed by atoms with van der Waals surface area (Å²) in [5.41, 5.74) is 0.705. The van der Waals surface area contributed by atoms with Gasteiger partial charge in [0.05, 0.1) is 11.1 Å². The van der Waals surface area contributed by atoms with E-state index in [4.69, 9.17) is 0 Å². The van der Waals surface area contributed by atoms with Gasteiger partial charge in [0.1, 0.15) is 0 Å². The Morgan fingerprint density at radius 1 is 1.19 bits per heavy atom. The normalized spacial score (nSPS) is 13.8. The second kappa shape index (κ2) is 6.30. The van der Waals surface area contributed by atoms with Crippen LogP contribution in [-0.4, -0.2) is 39.4 Å². The molecule has 0 saturated heterocycles. The molecule has 2 rings (SSSR count). The van der Waals surface area contributed by atoms with Crippen molar-refractivity contribution in [1.29, 1.82) is 0 Å². The van der Waals surface area contributed by atoms with Crippen molar-refractivity contribution in [2.24, 2.45) is 5.92 Å². The van der Waals surface area contributed by atoms with Crippen molar-refractivity contribution >= 4 is 28.8 Å². The number of amides is 3. The topological polar surface area (TPSA) is 57.7 Å². The van der Waals surface area contributed by atoms with Crippen LogP contribution in [0.15, 0.2) is 24.3 Å². The molecule has 21 heavy (non-hydrogen) atoms. The van der Waals surface area contributed by atoms with E-state index in [9.17, 15) is 14.4 Å². The average Bonchev–Trinajstić information content (AvgIpc) is 2.69. The van der Waals surface area contributed by atoms with E-state index in [-0.39, 0.29) is 11.2 Å². The van der Waals surface area contributed by atoms with E-state index in [1.807, 2.05) is 20.8 Å². The van der Waals surface area contributed by atoms with Crippen molar-refractivity contribution in [2.45, 2.75) is 20.8 Å². The lowest BCUT2D eigenvalue weighted by Crippen LogP contribution is -2.49. The van der Waals surface area contributed by atoms with Gasteiger partial charge in [-0.3, -0.25) is 14.4 Å². The highest BCUT2D eigenvalue weighted by atomic mass is 32.2. The van der Waals surface area contributed by atoms with Gasteiger partial charge in [-0.25, -0.2) is 5.01 Å². The van der Waals surface area contributed by atoms with Gasteiger partial charge in [0.25, 0.3) is 11.8 Å². The molecule has 112 valence electrons. The molecule has 0 aliphatic carbocycles. The molecule has 0 unspecified atom stereocenters. The molecule has 6 heteroatoms. The van der Waals surface area contributed by atoms with Crippen LogP contribution in [0.3, 0.4) is 0 Å². The van der Waals surface area contributed by atoms with E-state index in [0.29, 0.717) is 23.4 Å². The fourth-order valence-corrected chi connectivity index (χ4v) is 2.73. The van der Waals surface area contributed by atoms with Gasteiger partial charge in [0, 0.05) is 6.54 Å². The average molecular weight is 306 g/mol. The van der Waals surface area contributed by atoms with Crippen LogP contribution in [0.5, 0.6) is 0 Å². The second-order valence-corrected chi connectivity index (χ2v) is 6.36. The van der Waals surface area contributed by atoms with Crippen LogP contribution in [0, 0.1) is 5.92 Å². The van der Waals surface area contributed by atoms with Crippen LogP contribution in [-0.2, 0) is 0 Å². The Kier molecular flexibility index (Phi) is 4.67. The van der Waals surface area contributed by atoms with Gasteiger partial charge in [-0.15, -0.1) is 0 Å². The van der Waals surface area contributed by atoms with Crippen molar-refractivity contribution in [1.82, 2.24) is 10.0 Å². The minimum atomic E-state index is -0.429. The molecule has 0 radical (unpaired) electrons. The highest BCUT2D eigenvalue weighted by Gasteiger charge is 2.41. The lowest BCUT2D eigenvalue weighted by atomic mass is 10.1. The predicted octanol–water partition coefficient (Wildman–Crippen LogP) is 3.03. The summed E-state index contributed by atoms with van der Waals surface area (Å²) in [7, 11) is 0. The van der Waals surface area contributed by atoms with Crippen LogP contribution >= 0.6 is 11.8 Å². The first kappa shape index (κ1) is 15.6. The number of hydrogen-bond acceptors (Lipinski definition) is 4. The van der Waals surface area contributed by atoms with Gasteiger partial charge < -0.3 is 0 Å². The molecule has 1 aliphatic heterocycles. The van der Waals surface area contributed by atoms with Gasteiger partial charge in [-0.1, -0.05) is 44.7 Å². The first-order chi connectivity index (χ1) is 9.97. The van der Waals surface area contributed by atoms with Gasteiger partial charge >= 0.3 is 5.24 Å². The number of rotatable bonds is 4. The van der Waals surface area contributed by atoms with E-state index >= 15 is 0 Å². The number of hydrazine groups is 1. The lowest BCUT2D eigenvalue weighted by Gasteiger charge is -2.30. The number of hydrogen-bond donors (Lipinski definition) is 0. The summed E-state index contributed by atoms with van der Waals surface area (Å²) in [6.45, 7) is 6.07. The number of imide groups is 1. The molecule has 0 saturated carbocycles. The van der Waals surface area contributed by atoms with Crippen LogP contribution in [0.2, 0.25) is 0 Å². The van der Waals surface area contributed by atoms with Crippen LogP contribution in [0.1, 0.15) is 41.5 Å². The van der Waals surface area contributed by atoms with E-state index < -0.39 is 11.8 Å². The molecule has 0 aromatic heterocycles. The maximum Gasteiger partial charge on any atom is 0.300 e. The fraction of sp³-hybridized carbons (Fsp3) is 0.400. The molecule has 1 aromatic carbocycles. The van der Waals surface area contributed by atoms with Gasteiger partial charge in [-0.2, -0.15) is 5.01 Å². The van der Waals surface area contributed by atoms with Crippen molar-refractivity contribution in [3.05, 3.63) is 35.4 Å². The van der Waals surface area contributed by atoms with Crippen molar-refractivity contribution in [2.75, 3.05) is 12.3 Å². The smallest absolute Gasteiger partial charge is 0.267 e. The molecule has 0 fully saturated rings. The third-order valence-corrected chi connectivity index (χ3v) is 3.78. The fourth-order valence-electron chi connectivity index (χ4n) is 2.18. The Hall–Kier alpha value is -1.82. The zero-order valence-electron chi connectivity index (χ0n) is 12.3. The summed E-state index contributed by atoms with van der Waals surface area (Å²) in [5, 5.41) is 1.97. The summed E-state index contributed by atoms with van der Waals surface area (Å²) < 4.78 is 0. The van der Waals surface area contributed by atoms with Crippen LogP contribution in [0.4, 0.5) is 4.79 Å². The van der Waals surface area contributed by atoms with Gasteiger partial charge in [0.15, 0.2) is 0 Å². The Morgan fingerprint density at radius 3 is 2.14 bits per heavy atom. The summed E-state index contributed by atoms with van der Waals surface area (Å²) in [6, 6.07) is 6.65. The van der Waals surface area contributed by atoms with E-state index in [0.717, 1.165) is 16.8 Å². The molecule has 0 N–H and O–H groups in total. The zero-order chi connectivity index (χ0) is 15.6. The zero-order valence-corrected chi connectivity index (χ0v) is 13.1. The van der Waals surface area contributed by atoms with E-state index in [1.54, 1.807) is 24.3 Å². The summed E-state index contributed by atoms with van der Waals surface area (Å²) in [6.07, 6.45) is 0. The molecule has 1 heterocycles. The maximum absolute atomic E-state index is 12.4. The number of fused-ring (bicyclic) bond motifs is 1. The molecule has 0 bridgehead atoms. The SMILES string of the molecule is CCSC(=O)N(CC(C)C)N1C(=O)c2ccccc2C1=O. The highest BCUT2D eigenvalue weighted by molar-refractivity contribution is 8.13. The van der Waals surface area contributed by atoms with E-state index in [2.05, 4.69) is 0 Å². The molecular formula is C15H18N2O3S. The monoisotopic (exact) mass is 306 g/mol. The first-order valence-corrected chi connectivity index (χ1v) is 7.88. The third-order valence-electron chi connectivity index (χ3n) is 3.03. The summed E-state index contributed by atoms with van der Waals surface area (Å²) >= 11 is 1.09. The number of carbonyl (C=O) groups excluding carboxylic acids is 3. The number of carbonyl (C=O) groups is 3. The van der Waals surface area contributed by atoms with Crippen molar-refractivity contribution < 1.29 is 14.4 Å². The minimum absolute atomic E-state index is 0.149. The predicted molar refractivity (Wildman–Crippen MR) is 82.0 cm³/mol. The van der Waals surface area contributed by atoms with E-state index in [1.165, 1.54) is 5.01 Å². The Morgan fingerprint density at radius 2 is 1.71 bits per heavy atom. The Balaban J connectivity index is 2.36. The third kappa shape index (κ3) is 2.95. The molecular weight excluding hydrogens is 288 g/mol. The van der Waals surface area contributed by atoms with Crippen molar-refractivity contribution in [3.8, 4) is 0 Å². The van der Waals surface area contributed by atoms with Crippen molar-refractivity contribution in [3.63, 3.8) is 0 Å². The summed E-state index contributed by atoms with van der Waals surface area (Å²) in [4.78, 5) is 37.1. The van der Waals surface area contributed by atoms with Crippen LogP contribution < -0.4 is 0 Å². The maximum atomic E-state index is 12.4. The summed E-state index contributed by atoms with van der Waals surface area (Å²) in [5.74, 6) is -0.116. The van der Waals surface area contributed by atoms with Gasteiger partial charge in [-0.05, 0) is 23.8 Å². The number of nitrogens with zero attached hydrogens (tertiary/aromatic N) is 2. The van der Waals surface area contributed by atoms with Gasteiger partial charge in [0.2, 0.25) is 0 Å². The standard InChI is InChI=1S/C15H18N2O3S/c1-4-21-15(20)16(9-10(2)3)17-13(18)11-7-5-6-8-12(11)14(17)19/h5-8,10H,4,9H2,1-3H3. The molecule has 5 nitrogen and oxygen atoms in total. The Labute approximate surface area is 128 Å².